The van der Waals surface area contributed by atoms with Gasteiger partial charge in [0.25, 0.3) is 0 Å². The quantitative estimate of drug-likeness (QED) is 0.452. The van der Waals surface area contributed by atoms with E-state index in [1.165, 1.54) is 10.1 Å². The molecule has 2 aliphatic rings. The minimum Gasteiger partial charge on any atom is -0.338 e. The Morgan fingerprint density at radius 2 is 1.74 bits per heavy atom. The van der Waals surface area contributed by atoms with E-state index in [0.717, 1.165) is 38.6 Å². The number of piperazine rings is 1. The lowest BCUT2D eigenvalue weighted by Gasteiger charge is -2.37. The molecule has 12 heteroatoms. The fourth-order valence-corrected chi connectivity index (χ4v) is 4.55. The van der Waals surface area contributed by atoms with Crippen molar-refractivity contribution in [1.82, 2.24) is 29.6 Å². The van der Waals surface area contributed by atoms with E-state index in [9.17, 15) is 14.4 Å². The van der Waals surface area contributed by atoms with E-state index in [1.54, 1.807) is 35.9 Å². The van der Waals surface area contributed by atoms with Gasteiger partial charge in [-0.05, 0) is 50.1 Å². The van der Waals surface area contributed by atoms with E-state index >= 15 is 0 Å². The van der Waals surface area contributed by atoms with Crippen molar-refractivity contribution in [1.29, 1.82) is 0 Å². The van der Waals surface area contributed by atoms with Gasteiger partial charge in [0.05, 0.1) is 11.2 Å². The Kier molecular flexibility index (Phi) is 9.88. The maximum absolute atomic E-state index is 12.7. The van der Waals surface area contributed by atoms with Crippen molar-refractivity contribution in [2.75, 3.05) is 57.7 Å². The predicted octanol–water partition coefficient (Wildman–Crippen LogP) is 1.11. The molecule has 4 rings (SSSR count). The van der Waals surface area contributed by atoms with Crippen LogP contribution in [-0.2, 0) is 11.3 Å². The highest BCUT2D eigenvalue weighted by Gasteiger charge is 2.31. The van der Waals surface area contributed by atoms with Gasteiger partial charge in [-0.3, -0.25) is 19.6 Å². The highest BCUT2D eigenvalue weighted by molar-refractivity contribution is 5.89. The van der Waals surface area contributed by atoms with E-state index in [4.69, 9.17) is 5.73 Å². The van der Waals surface area contributed by atoms with Gasteiger partial charge in [0.15, 0.2) is 0 Å². The molecule has 2 aliphatic heterocycles. The molecular formula is C26H39ClN8O3. The molecule has 1 aromatic heterocycles. The molecule has 0 atom stereocenters. The van der Waals surface area contributed by atoms with Crippen LogP contribution < -0.4 is 22.1 Å². The van der Waals surface area contributed by atoms with E-state index < -0.39 is 11.2 Å². The van der Waals surface area contributed by atoms with Crippen LogP contribution in [0.3, 0.4) is 0 Å². The first-order chi connectivity index (χ1) is 17.6. The number of nitrogens with two attached hydrogens (primary N) is 1. The molecule has 2 fully saturated rings. The second-order valence-electron chi connectivity index (χ2n) is 10.4. The van der Waals surface area contributed by atoms with Crippen LogP contribution in [0.5, 0.6) is 0 Å². The van der Waals surface area contributed by atoms with Gasteiger partial charge in [0, 0.05) is 58.6 Å². The lowest BCUT2D eigenvalue weighted by molar-refractivity contribution is -0.137. The van der Waals surface area contributed by atoms with E-state index in [1.807, 2.05) is 24.3 Å². The molecule has 0 aliphatic carbocycles. The molecular weight excluding hydrogens is 508 g/mol. The molecule has 0 bridgehead atoms. The topological polar surface area (TPSA) is 129 Å². The summed E-state index contributed by atoms with van der Waals surface area (Å²) in [6.07, 6.45) is 1.61. The maximum Gasteiger partial charge on any atom is 0.354 e. The number of urea groups is 1. The van der Waals surface area contributed by atoms with Gasteiger partial charge in [0.1, 0.15) is 5.82 Å². The molecule has 2 aromatic rings. The number of carbonyl (C=O) groups excluding carboxylic acids is 2. The molecule has 4 N–H and O–H groups in total. The fraction of sp³-hybridized carbons (Fsp3) is 0.538. The number of nitrogens with zero attached hydrogens (tertiary/aromatic N) is 5. The largest absolute Gasteiger partial charge is 0.354 e. The van der Waals surface area contributed by atoms with E-state index in [0.29, 0.717) is 31.9 Å². The molecule has 2 saturated heterocycles. The fourth-order valence-electron chi connectivity index (χ4n) is 4.55. The monoisotopic (exact) mass is 546 g/mol. The lowest BCUT2D eigenvalue weighted by Crippen LogP contribution is -2.58. The Morgan fingerprint density at radius 3 is 2.26 bits per heavy atom. The van der Waals surface area contributed by atoms with Crippen molar-refractivity contribution in [3.63, 3.8) is 0 Å². The van der Waals surface area contributed by atoms with Crippen molar-refractivity contribution < 1.29 is 9.59 Å². The highest BCUT2D eigenvalue weighted by Crippen LogP contribution is 2.14. The third-order valence-corrected chi connectivity index (χ3v) is 6.89. The number of amides is 3. The Morgan fingerprint density at radius 1 is 1.11 bits per heavy atom. The van der Waals surface area contributed by atoms with Crippen LogP contribution in [0.1, 0.15) is 26.3 Å². The van der Waals surface area contributed by atoms with Gasteiger partial charge < -0.3 is 20.9 Å². The zero-order chi connectivity index (χ0) is 26.6. The van der Waals surface area contributed by atoms with Gasteiger partial charge in [-0.2, -0.15) is 4.98 Å². The highest BCUT2D eigenvalue weighted by atomic mass is 35.5. The maximum atomic E-state index is 12.7. The lowest BCUT2D eigenvalue weighted by atomic mass is 10.0. The first-order valence-electron chi connectivity index (χ1n) is 12.9. The standard InChI is InChI=1S/C26H38N8O3.ClH/c1-4-31(18-20-15-28-16-20)17-19-5-7-21(8-6-19)34-10-9-22(30-25(34)37)29-24(36)33-13-11-32(12-14-33)23(35)26(2,3)27;/h5-10,20,28H,4,11-18,27H2,1-3H3,(H,29,30,36,37);1H. The Hall–Kier alpha value is -2.99. The summed E-state index contributed by atoms with van der Waals surface area (Å²) in [5, 5.41) is 6.01. The number of hydrogen-bond acceptors (Lipinski definition) is 7. The van der Waals surface area contributed by atoms with Gasteiger partial charge in [-0.1, -0.05) is 19.1 Å². The second kappa shape index (κ2) is 12.7. The minimum absolute atomic E-state index is 0. The second-order valence-corrected chi connectivity index (χ2v) is 10.4. The average molecular weight is 547 g/mol. The Bertz CT molecular complexity index is 1150. The zero-order valence-electron chi connectivity index (χ0n) is 22.4. The number of rotatable bonds is 8. The SMILES string of the molecule is CCN(Cc1ccc(-n2ccc(NC(=O)N3CCN(C(=O)C(C)(C)N)CC3)nc2=O)cc1)CC1CNC1.Cl. The van der Waals surface area contributed by atoms with E-state index in [-0.39, 0.29) is 30.2 Å². The molecule has 0 spiro atoms. The molecule has 3 heterocycles. The molecule has 0 radical (unpaired) electrons. The number of carbonyl (C=O) groups is 2. The van der Waals surface area contributed by atoms with Crippen LogP contribution in [0, 0.1) is 5.92 Å². The number of halogens is 1. The third-order valence-electron chi connectivity index (χ3n) is 6.89. The minimum atomic E-state index is -0.943. The summed E-state index contributed by atoms with van der Waals surface area (Å²) >= 11 is 0. The van der Waals surface area contributed by atoms with Gasteiger partial charge >= 0.3 is 11.7 Å². The molecule has 11 nitrogen and oxygen atoms in total. The molecule has 3 amide bonds. The van der Waals surface area contributed by atoms with Gasteiger partial charge in [-0.25, -0.2) is 9.59 Å². The van der Waals surface area contributed by atoms with Crippen LogP contribution in [0.4, 0.5) is 10.6 Å². The Balaban J connectivity index is 0.00000400. The molecule has 208 valence electrons. The summed E-state index contributed by atoms with van der Waals surface area (Å²) in [6, 6.07) is 9.16. The summed E-state index contributed by atoms with van der Waals surface area (Å²) in [4.78, 5) is 47.5. The van der Waals surface area contributed by atoms with Crippen LogP contribution in [0.15, 0.2) is 41.3 Å². The normalized spacial score (nSPS) is 16.1. The van der Waals surface area contributed by atoms with Crippen LogP contribution >= 0.6 is 12.4 Å². The molecule has 1 aromatic carbocycles. The summed E-state index contributed by atoms with van der Waals surface area (Å²) < 4.78 is 1.45. The first kappa shape index (κ1) is 29.6. The van der Waals surface area contributed by atoms with Crippen LogP contribution in [-0.4, -0.2) is 94.1 Å². The van der Waals surface area contributed by atoms with E-state index in [2.05, 4.69) is 27.4 Å². The summed E-state index contributed by atoms with van der Waals surface area (Å²) in [5.41, 5.74) is 6.40. The summed E-state index contributed by atoms with van der Waals surface area (Å²) in [6.45, 7) is 12.2. The molecule has 38 heavy (non-hydrogen) atoms. The van der Waals surface area contributed by atoms with Crippen molar-refractivity contribution in [3.05, 3.63) is 52.6 Å². The van der Waals surface area contributed by atoms with Crippen molar-refractivity contribution in [2.45, 2.75) is 32.9 Å². The summed E-state index contributed by atoms with van der Waals surface area (Å²) in [7, 11) is 0. The number of aromatic nitrogens is 2. The van der Waals surface area contributed by atoms with Gasteiger partial charge in [-0.15, -0.1) is 12.4 Å². The smallest absolute Gasteiger partial charge is 0.338 e. The van der Waals surface area contributed by atoms with Crippen molar-refractivity contribution in [2.24, 2.45) is 11.7 Å². The number of benzene rings is 1. The number of nitrogens with one attached hydrogen (secondary N) is 2. The van der Waals surface area contributed by atoms with Crippen molar-refractivity contribution >= 4 is 30.2 Å². The first-order valence-corrected chi connectivity index (χ1v) is 12.9. The number of hydrogen-bond donors (Lipinski definition) is 3. The molecule has 0 saturated carbocycles. The van der Waals surface area contributed by atoms with Crippen molar-refractivity contribution in [3.8, 4) is 5.69 Å². The predicted molar refractivity (Wildman–Crippen MR) is 150 cm³/mol. The Labute approximate surface area is 229 Å². The molecule has 0 unspecified atom stereocenters. The third kappa shape index (κ3) is 7.31. The summed E-state index contributed by atoms with van der Waals surface area (Å²) in [5.74, 6) is 0.772. The average Bonchev–Trinajstić information content (AvgIpc) is 2.85. The van der Waals surface area contributed by atoms with Crippen LogP contribution in [0.25, 0.3) is 5.69 Å². The zero-order valence-corrected chi connectivity index (χ0v) is 23.2. The van der Waals surface area contributed by atoms with Gasteiger partial charge in [0.2, 0.25) is 5.91 Å². The van der Waals surface area contributed by atoms with Crippen LogP contribution in [0.2, 0.25) is 0 Å². The number of anilines is 1.